The van der Waals surface area contributed by atoms with Gasteiger partial charge in [-0.15, -0.1) is 0 Å². The summed E-state index contributed by atoms with van der Waals surface area (Å²) in [5.41, 5.74) is 0.456. The molecule has 2 N–H and O–H groups in total. The Labute approximate surface area is 152 Å². The van der Waals surface area contributed by atoms with E-state index in [0.29, 0.717) is 5.69 Å². The largest absolute Gasteiger partial charge is 0.481 e. The third-order valence-corrected chi connectivity index (χ3v) is 5.45. The molecular formula is C16H23N3O6S. The molecule has 0 saturated heterocycles. The SMILES string of the molecule is CC(=O)Nc1ccc(S(=O)(=O)N(C)CC(=O)N(C)CC(C)C(=O)O)cc1. The summed E-state index contributed by atoms with van der Waals surface area (Å²) in [5.74, 6) is -2.59. The first-order valence-electron chi connectivity index (χ1n) is 7.76. The van der Waals surface area contributed by atoms with Crippen molar-refractivity contribution in [2.24, 2.45) is 5.92 Å². The van der Waals surface area contributed by atoms with Crippen molar-refractivity contribution >= 4 is 33.5 Å². The van der Waals surface area contributed by atoms with Gasteiger partial charge in [0.15, 0.2) is 0 Å². The molecule has 1 rings (SSSR count). The minimum Gasteiger partial charge on any atom is -0.481 e. The highest BCUT2D eigenvalue weighted by Crippen LogP contribution is 2.17. The van der Waals surface area contributed by atoms with Crippen molar-refractivity contribution in [1.29, 1.82) is 0 Å². The number of benzene rings is 1. The summed E-state index contributed by atoms with van der Waals surface area (Å²) in [7, 11) is -1.21. The maximum atomic E-state index is 12.5. The van der Waals surface area contributed by atoms with Crippen molar-refractivity contribution in [3.63, 3.8) is 0 Å². The van der Waals surface area contributed by atoms with E-state index in [2.05, 4.69) is 5.32 Å². The van der Waals surface area contributed by atoms with Gasteiger partial charge in [0.25, 0.3) is 0 Å². The number of anilines is 1. The molecule has 0 aliphatic rings. The maximum Gasteiger partial charge on any atom is 0.308 e. The van der Waals surface area contributed by atoms with Crippen LogP contribution in [0.1, 0.15) is 13.8 Å². The van der Waals surface area contributed by atoms with Gasteiger partial charge in [0.2, 0.25) is 21.8 Å². The van der Waals surface area contributed by atoms with Crippen molar-refractivity contribution in [3.05, 3.63) is 24.3 Å². The van der Waals surface area contributed by atoms with E-state index in [-0.39, 0.29) is 17.3 Å². The number of amides is 2. The Kier molecular flexibility index (Phi) is 7.28. The average Bonchev–Trinajstić information content (AvgIpc) is 2.54. The Bertz CT molecular complexity index is 776. The van der Waals surface area contributed by atoms with Crippen LogP contribution >= 0.6 is 0 Å². The van der Waals surface area contributed by atoms with Crippen LogP contribution in [0.25, 0.3) is 0 Å². The lowest BCUT2D eigenvalue weighted by Crippen LogP contribution is -2.41. The van der Waals surface area contributed by atoms with Gasteiger partial charge < -0.3 is 15.3 Å². The monoisotopic (exact) mass is 385 g/mol. The summed E-state index contributed by atoms with van der Waals surface area (Å²) in [4.78, 5) is 35.1. The molecule has 1 atom stereocenters. The van der Waals surface area contributed by atoms with Gasteiger partial charge in [-0.25, -0.2) is 8.42 Å². The van der Waals surface area contributed by atoms with Crippen LogP contribution in [-0.2, 0) is 24.4 Å². The molecule has 0 saturated carbocycles. The fraction of sp³-hybridized carbons (Fsp3) is 0.438. The Morgan fingerprint density at radius 3 is 2.15 bits per heavy atom. The van der Waals surface area contributed by atoms with Gasteiger partial charge in [-0.05, 0) is 24.3 Å². The van der Waals surface area contributed by atoms with Gasteiger partial charge >= 0.3 is 5.97 Å². The molecule has 0 spiro atoms. The molecular weight excluding hydrogens is 362 g/mol. The number of nitrogens with one attached hydrogen (secondary N) is 1. The van der Waals surface area contributed by atoms with Crippen LogP contribution in [0.15, 0.2) is 29.2 Å². The zero-order chi connectivity index (χ0) is 20.1. The van der Waals surface area contributed by atoms with E-state index in [0.717, 1.165) is 4.31 Å². The van der Waals surface area contributed by atoms with Crippen LogP contribution in [0, 0.1) is 5.92 Å². The highest BCUT2D eigenvalue weighted by molar-refractivity contribution is 7.89. The highest BCUT2D eigenvalue weighted by atomic mass is 32.2. The molecule has 0 bridgehead atoms. The molecule has 144 valence electrons. The number of aliphatic carboxylic acids is 1. The second-order valence-electron chi connectivity index (χ2n) is 5.98. The predicted octanol–water partition coefficient (Wildman–Crippen LogP) is 0.445. The third-order valence-electron chi connectivity index (χ3n) is 3.64. The summed E-state index contributed by atoms with van der Waals surface area (Å²) in [5, 5.41) is 11.4. The predicted molar refractivity (Wildman–Crippen MR) is 95.0 cm³/mol. The minimum absolute atomic E-state index is 0.0204. The first kappa shape index (κ1) is 21.6. The van der Waals surface area contributed by atoms with E-state index < -0.39 is 34.4 Å². The number of hydrogen-bond donors (Lipinski definition) is 2. The number of hydrogen-bond acceptors (Lipinski definition) is 5. The van der Waals surface area contributed by atoms with E-state index in [4.69, 9.17) is 5.11 Å². The molecule has 0 aliphatic carbocycles. The number of likely N-dealkylation sites (N-methyl/N-ethyl adjacent to an activating group) is 2. The first-order chi connectivity index (χ1) is 11.9. The molecule has 1 aromatic rings. The lowest BCUT2D eigenvalue weighted by molar-refractivity contribution is -0.142. The number of carboxylic acid groups (broad SMARTS) is 1. The summed E-state index contributed by atoms with van der Waals surface area (Å²) >= 11 is 0. The van der Waals surface area contributed by atoms with Gasteiger partial charge in [-0.3, -0.25) is 14.4 Å². The van der Waals surface area contributed by atoms with Gasteiger partial charge in [0.1, 0.15) is 0 Å². The lowest BCUT2D eigenvalue weighted by Gasteiger charge is -2.23. The van der Waals surface area contributed by atoms with Gasteiger partial charge in [-0.1, -0.05) is 6.92 Å². The Balaban J connectivity index is 2.81. The average molecular weight is 385 g/mol. The van der Waals surface area contributed by atoms with Crippen molar-refractivity contribution in [2.75, 3.05) is 32.5 Å². The number of carboxylic acids is 1. The van der Waals surface area contributed by atoms with Gasteiger partial charge in [0.05, 0.1) is 17.4 Å². The van der Waals surface area contributed by atoms with E-state index in [1.54, 1.807) is 0 Å². The number of nitrogens with zero attached hydrogens (tertiary/aromatic N) is 2. The second kappa shape index (κ2) is 8.77. The van der Waals surface area contributed by atoms with Crippen LogP contribution in [0.3, 0.4) is 0 Å². The molecule has 0 aromatic heterocycles. The molecule has 1 unspecified atom stereocenters. The summed E-state index contributed by atoms with van der Waals surface area (Å²) in [6.45, 7) is 2.36. The van der Waals surface area contributed by atoms with Gasteiger partial charge in [0, 0.05) is 33.3 Å². The summed E-state index contributed by atoms with van der Waals surface area (Å²) in [6, 6.07) is 5.56. The molecule has 10 heteroatoms. The minimum atomic E-state index is -3.90. The fourth-order valence-electron chi connectivity index (χ4n) is 2.08. The van der Waals surface area contributed by atoms with Crippen LogP contribution in [0.5, 0.6) is 0 Å². The molecule has 0 aliphatic heterocycles. The first-order valence-corrected chi connectivity index (χ1v) is 9.20. The number of sulfonamides is 1. The van der Waals surface area contributed by atoms with E-state index in [9.17, 15) is 22.8 Å². The van der Waals surface area contributed by atoms with Crippen LogP contribution in [0.2, 0.25) is 0 Å². The number of rotatable bonds is 8. The quantitative estimate of drug-likeness (QED) is 0.669. The van der Waals surface area contributed by atoms with E-state index in [1.165, 1.54) is 57.1 Å². The molecule has 1 aromatic carbocycles. The zero-order valence-electron chi connectivity index (χ0n) is 15.1. The lowest BCUT2D eigenvalue weighted by atomic mass is 10.2. The topological polar surface area (TPSA) is 124 Å². The normalized spacial score (nSPS) is 12.5. The molecule has 0 fully saturated rings. The summed E-state index contributed by atoms with van der Waals surface area (Å²) < 4.78 is 25.9. The smallest absolute Gasteiger partial charge is 0.308 e. The molecule has 0 radical (unpaired) electrons. The molecule has 9 nitrogen and oxygen atoms in total. The fourth-order valence-corrected chi connectivity index (χ4v) is 3.20. The Hall–Kier alpha value is -2.46. The highest BCUT2D eigenvalue weighted by Gasteiger charge is 2.25. The van der Waals surface area contributed by atoms with Crippen LogP contribution in [-0.4, -0.2) is 67.7 Å². The molecule has 26 heavy (non-hydrogen) atoms. The van der Waals surface area contributed by atoms with Crippen molar-refractivity contribution in [3.8, 4) is 0 Å². The zero-order valence-corrected chi connectivity index (χ0v) is 15.9. The Morgan fingerprint density at radius 2 is 1.69 bits per heavy atom. The van der Waals surface area contributed by atoms with Crippen molar-refractivity contribution in [1.82, 2.24) is 9.21 Å². The van der Waals surface area contributed by atoms with Crippen molar-refractivity contribution in [2.45, 2.75) is 18.7 Å². The maximum absolute atomic E-state index is 12.5. The number of carbonyl (C=O) groups excluding carboxylic acids is 2. The van der Waals surface area contributed by atoms with Crippen molar-refractivity contribution < 1.29 is 27.9 Å². The summed E-state index contributed by atoms with van der Waals surface area (Å²) in [6.07, 6.45) is 0. The van der Waals surface area contributed by atoms with Gasteiger partial charge in [-0.2, -0.15) is 4.31 Å². The standard InChI is InChI=1S/C16H23N3O6S/c1-11(16(22)23)9-18(3)15(21)10-19(4)26(24,25)14-7-5-13(6-8-14)17-12(2)20/h5-8,11H,9-10H2,1-4H3,(H,17,20)(H,22,23). The van der Waals surface area contributed by atoms with E-state index >= 15 is 0 Å². The van der Waals surface area contributed by atoms with Crippen LogP contribution < -0.4 is 5.32 Å². The third kappa shape index (κ3) is 5.81. The molecule has 2 amide bonds. The number of carbonyl (C=O) groups is 3. The van der Waals surface area contributed by atoms with Crippen LogP contribution in [0.4, 0.5) is 5.69 Å². The Morgan fingerprint density at radius 1 is 1.15 bits per heavy atom. The molecule has 0 heterocycles. The second-order valence-corrected chi connectivity index (χ2v) is 8.03. The van der Waals surface area contributed by atoms with E-state index in [1.807, 2.05) is 0 Å².